The molecule has 0 aromatic carbocycles. The van der Waals surface area contributed by atoms with Gasteiger partial charge in [0.15, 0.2) is 0 Å². The van der Waals surface area contributed by atoms with E-state index >= 15 is 0 Å². The lowest BCUT2D eigenvalue weighted by Gasteiger charge is -2.07. The van der Waals surface area contributed by atoms with Gasteiger partial charge in [-0.15, -0.1) is 11.3 Å². The van der Waals surface area contributed by atoms with Crippen LogP contribution < -0.4 is 0 Å². The Morgan fingerprint density at radius 2 is 2.07 bits per heavy atom. The second kappa shape index (κ2) is 3.81. The molecule has 1 atom stereocenters. The Morgan fingerprint density at radius 1 is 1.36 bits per heavy atom. The molecule has 0 amide bonds. The molecule has 0 aliphatic carbocycles. The van der Waals surface area contributed by atoms with Crippen LogP contribution >= 0.6 is 11.3 Å². The normalized spacial score (nSPS) is 12.7. The van der Waals surface area contributed by atoms with Gasteiger partial charge in [-0.05, 0) is 6.92 Å². The molecule has 0 saturated heterocycles. The summed E-state index contributed by atoms with van der Waals surface area (Å²) in [6.45, 7) is 1.87. The Balaban J connectivity index is 2.34. The summed E-state index contributed by atoms with van der Waals surface area (Å²) in [5, 5.41) is 9.95. The van der Waals surface area contributed by atoms with Crippen molar-refractivity contribution in [3.63, 3.8) is 0 Å². The van der Waals surface area contributed by atoms with Crippen molar-refractivity contribution in [3.05, 3.63) is 40.4 Å². The number of aryl methyl sites for hydroxylation is 1. The van der Waals surface area contributed by atoms with Crippen LogP contribution in [-0.4, -0.2) is 20.1 Å². The molecule has 72 valence electrons. The first kappa shape index (κ1) is 9.23. The van der Waals surface area contributed by atoms with Crippen molar-refractivity contribution in [2.24, 2.45) is 0 Å². The van der Waals surface area contributed by atoms with Crippen LogP contribution in [0.15, 0.2) is 24.2 Å². The van der Waals surface area contributed by atoms with Crippen molar-refractivity contribution >= 4 is 11.3 Å². The number of aromatic nitrogens is 3. The molecule has 0 spiro atoms. The monoisotopic (exact) mass is 207 g/mol. The van der Waals surface area contributed by atoms with Gasteiger partial charge in [0, 0.05) is 18.0 Å². The topological polar surface area (TPSA) is 58.9 Å². The molecule has 2 rings (SSSR count). The minimum atomic E-state index is -0.663. The molecule has 0 bridgehead atoms. The number of hydrogen-bond acceptors (Lipinski definition) is 5. The van der Waals surface area contributed by atoms with Gasteiger partial charge in [-0.1, -0.05) is 0 Å². The van der Waals surface area contributed by atoms with E-state index in [-0.39, 0.29) is 0 Å². The van der Waals surface area contributed by atoms with Crippen molar-refractivity contribution in [2.75, 3.05) is 0 Å². The number of aliphatic hydroxyl groups is 1. The fourth-order valence-electron chi connectivity index (χ4n) is 1.18. The second-order valence-electron chi connectivity index (χ2n) is 2.88. The number of rotatable bonds is 2. The van der Waals surface area contributed by atoms with Crippen LogP contribution in [0.25, 0.3) is 0 Å². The zero-order chi connectivity index (χ0) is 9.97. The number of aliphatic hydroxyl groups excluding tert-OH is 1. The Labute approximate surface area is 85.3 Å². The van der Waals surface area contributed by atoms with Crippen LogP contribution in [0.4, 0.5) is 0 Å². The molecule has 4 nitrogen and oxygen atoms in total. The Morgan fingerprint density at radius 3 is 2.64 bits per heavy atom. The Kier molecular flexibility index (Phi) is 2.51. The first-order valence-corrected chi connectivity index (χ1v) is 5.00. The maximum atomic E-state index is 9.95. The molecule has 0 fully saturated rings. The van der Waals surface area contributed by atoms with Gasteiger partial charge in [-0.2, -0.15) is 0 Å². The summed E-state index contributed by atoms with van der Waals surface area (Å²) in [7, 11) is 0. The van der Waals surface area contributed by atoms with Crippen LogP contribution in [0.1, 0.15) is 22.2 Å². The summed E-state index contributed by atoms with van der Waals surface area (Å²) in [4.78, 5) is 12.6. The first-order chi connectivity index (χ1) is 6.79. The van der Waals surface area contributed by atoms with Gasteiger partial charge in [0.25, 0.3) is 0 Å². The average Bonchev–Trinajstić information content (AvgIpc) is 2.65. The predicted octanol–water partition coefficient (Wildman–Crippen LogP) is 1.32. The minimum absolute atomic E-state index is 0.663. The molecular weight excluding hydrogens is 198 g/mol. The van der Waals surface area contributed by atoms with Gasteiger partial charge >= 0.3 is 0 Å². The smallest absolute Gasteiger partial charge is 0.118 e. The van der Waals surface area contributed by atoms with Crippen molar-refractivity contribution in [3.8, 4) is 0 Å². The van der Waals surface area contributed by atoms with Gasteiger partial charge in [0.2, 0.25) is 0 Å². The zero-order valence-corrected chi connectivity index (χ0v) is 8.40. The minimum Gasteiger partial charge on any atom is -0.383 e. The summed E-state index contributed by atoms with van der Waals surface area (Å²) in [5.74, 6) is 0. The third-order valence-corrected chi connectivity index (χ3v) is 2.91. The van der Waals surface area contributed by atoms with E-state index in [1.807, 2.05) is 6.92 Å². The second-order valence-corrected chi connectivity index (χ2v) is 3.76. The number of hydrogen-bond donors (Lipinski definition) is 1. The summed E-state index contributed by atoms with van der Waals surface area (Å²) in [6, 6.07) is 0. The number of thiazole rings is 1. The molecule has 5 heteroatoms. The number of nitrogens with zero attached hydrogens (tertiary/aromatic N) is 3. The maximum Gasteiger partial charge on any atom is 0.118 e. The van der Waals surface area contributed by atoms with E-state index in [1.165, 1.54) is 17.7 Å². The first-order valence-electron chi connectivity index (χ1n) is 4.12. The molecule has 14 heavy (non-hydrogen) atoms. The van der Waals surface area contributed by atoms with Crippen LogP contribution in [0, 0.1) is 6.92 Å². The van der Waals surface area contributed by atoms with Crippen LogP contribution in [-0.2, 0) is 0 Å². The highest BCUT2D eigenvalue weighted by Gasteiger charge is 2.15. The maximum absolute atomic E-state index is 9.95. The summed E-state index contributed by atoms with van der Waals surface area (Å²) in [6.07, 6.45) is 3.99. The molecular formula is C9H9N3OS. The lowest BCUT2D eigenvalue weighted by Crippen LogP contribution is -2.00. The molecule has 0 aliphatic heterocycles. The quantitative estimate of drug-likeness (QED) is 0.807. The van der Waals surface area contributed by atoms with E-state index in [4.69, 9.17) is 0 Å². The van der Waals surface area contributed by atoms with E-state index in [2.05, 4.69) is 15.0 Å². The lowest BCUT2D eigenvalue weighted by molar-refractivity contribution is 0.222. The van der Waals surface area contributed by atoms with Crippen LogP contribution in [0.2, 0.25) is 0 Å². The van der Waals surface area contributed by atoms with Gasteiger partial charge in [0.1, 0.15) is 12.4 Å². The Bertz CT molecular complexity index is 415. The molecule has 0 saturated carbocycles. The van der Waals surface area contributed by atoms with Gasteiger partial charge in [0.05, 0.1) is 16.1 Å². The van der Waals surface area contributed by atoms with E-state index < -0.39 is 6.10 Å². The SMILES string of the molecule is Cc1ncsc1C(O)c1cncnc1. The highest BCUT2D eigenvalue weighted by Crippen LogP contribution is 2.26. The van der Waals surface area contributed by atoms with Crippen LogP contribution in [0.3, 0.4) is 0 Å². The molecule has 1 N–H and O–H groups in total. The lowest BCUT2D eigenvalue weighted by atomic mass is 10.1. The highest BCUT2D eigenvalue weighted by molar-refractivity contribution is 7.09. The van der Waals surface area contributed by atoms with Crippen molar-refractivity contribution in [1.82, 2.24) is 15.0 Å². The van der Waals surface area contributed by atoms with Crippen molar-refractivity contribution in [1.29, 1.82) is 0 Å². The van der Waals surface area contributed by atoms with E-state index in [0.717, 1.165) is 10.6 Å². The third-order valence-electron chi connectivity index (χ3n) is 1.93. The van der Waals surface area contributed by atoms with E-state index in [1.54, 1.807) is 17.9 Å². The zero-order valence-electron chi connectivity index (χ0n) is 7.58. The molecule has 0 aliphatic rings. The average molecular weight is 207 g/mol. The molecule has 1 unspecified atom stereocenters. The standard InChI is InChI=1S/C9H9N3OS/c1-6-9(14-5-12-6)8(13)7-2-10-4-11-3-7/h2-5,8,13H,1H3. The van der Waals surface area contributed by atoms with Gasteiger partial charge in [-0.3, -0.25) is 0 Å². The summed E-state index contributed by atoms with van der Waals surface area (Å²) in [5.41, 5.74) is 3.27. The van der Waals surface area contributed by atoms with Crippen molar-refractivity contribution in [2.45, 2.75) is 13.0 Å². The van der Waals surface area contributed by atoms with Gasteiger partial charge < -0.3 is 5.11 Å². The fourth-order valence-corrected chi connectivity index (χ4v) is 1.99. The molecule has 2 heterocycles. The summed E-state index contributed by atoms with van der Waals surface area (Å²) < 4.78 is 0. The molecule has 0 radical (unpaired) electrons. The van der Waals surface area contributed by atoms with E-state index in [9.17, 15) is 5.11 Å². The van der Waals surface area contributed by atoms with E-state index in [0.29, 0.717) is 5.56 Å². The van der Waals surface area contributed by atoms with Crippen LogP contribution in [0.5, 0.6) is 0 Å². The predicted molar refractivity (Wildman–Crippen MR) is 52.9 cm³/mol. The largest absolute Gasteiger partial charge is 0.383 e. The van der Waals surface area contributed by atoms with Crippen molar-refractivity contribution < 1.29 is 5.11 Å². The molecule has 2 aromatic heterocycles. The summed E-state index contributed by atoms with van der Waals surface area (Å²) >= 11 is 1.44. The Hall–Kier alpha value is -1.33. The van der Waals surface area contributed by atoms with Gasteiger partial charge in [-0.25, -0.2) is 15.0 Å². The highest BCUT2D eigenvalue weighted by atomic mass is 32.1. The molecule has 2 aromatic rings. The fraction of sp³-hybridized carbons (Fsp3) is 0.222. The third kappa shape index (κ3) is 1.64.